The zero-order valence-corrected chi connectivity index (χ0v) is 20.7. The van der Waals surface area contributed by atoms with Gasteiger partial charge in [0, 0.05) is 37.4 Å². The van der Waals surface area contributed by atoms with Gasteiger partial charge in [0.2, 0.25) is 5.91 Å². The van der Waals surface area contributed by atoms with Crippen molar-refractivity contribution >= 4 is 28.7 Å². The molecular weight excluding hydrogens is 441 g/mol. The first-order chi connectivity index (χ1) is 15.8. The highest BCUT2D eigenvalue weighted by molar-refractivity contribution is 8.16. The predicted octanol–water partition coefficient (Wildman–Crippen LogP) is 3.34. The lowest BCUT2D eigenvalue weighted by molar-refractivity contribution is -0.127. The summed E-state index contributed by atoms with van der Waals surface area (Å²) < 4.78 is 15.1. The quantitative estimate of drug-likeness (QED) is 0.596. The number of carbonyl (C=O) groups excluding carboxylic acids is 2. The van der Waals surface area contributed by atoms with E-state index in [0.29, 0.717) is 47.3 Å². The van der Waals surface area contributed by atoms with Crippen LogP contribution >= 0.6 is 11.8 Å². The molecule has 2 amide bonds. The van der Waals surface area contributed by atoms with Crippen LogP contribution in [-0.4, -0.2) is 72.0 Å². The third-order valence-electron chi connectivity index (χ3n) is 5.70. The van der Waals surface area contributed by atoms with Gasteiger partial charge in [-0.15, -0.1) is 0 Å². The number of benzene rings is 1. The number of aliphatic imine (C=N–C) groups is 1. The minimum atomic E-state index is -0.692. The van der Waals surface area contributed by atoms with Crippen molar-refractivity contribution in [3.63, 3.8) is 0 Å². The van der Waals surface area contributed by atoms with Gasteiger partial charge in [-0.05, 0) is 46.3 Å². The standard InChI is InChI=1S/C24H32FN5O2S/c1-6-29(7-2)23(32)21-16(3)27-24-30(22(21)18-10-8-9-11-19(18)25)17(15-33-24)14-20(31)26-12-13-28(4)5/h8-11,15,22H,6-7,12-14H2,1-5H3,(H,26,31). The Morgan fingerprint density at radius 2 is 1.91 bits per heavy atom. The highest BCUT2D eigenvalue weighted by Crippen LogP contribution is 2.45. The first kappa shape index (κ1) is 25.0. The van der Waals surface area contributed by atoms with Crippen molar-refractivity contribution in [1.82, 2.24) is 20.0 Å². The molecule has 2 heterocycles. The van der Waals surface area contributed by atoms with Crippen LogP contribution in [0.3, 0.4) is 0 Å². The van der Waals surface area contributed by atoms with Crippen molar-refractivity contribution in [2.45, 2.75) is 33.2 Å². The molecule has 33 heavy (non-hydrogen) atoms. The fraction of sp³-hybridized carbons (Fsp3) is 0.458. The number of nitrogens with zero attached hydrogens (tertiary/aromatic N) is 4. The predicted molar refractivity (Wildman–Crippen MR) is 131 cm³/mol. The van der Waals surface area contributed by atoms with Crippen molar-refractivity contribution in [1.29, 1.82) is 0 Å². The van der Waals surface area contributed by atoms with E-state index in [1.54, 1.807) is 30.0 Å². The number of rotatable bonds is 9. The summed E-state index contributed by atoms with van der Waals surface area (Å²) in [5.41, 5.74) is 2.10. The van der Waals surface area contributed by atoms with Gasteiger partial charge in [0.1, 0.15) is 5.82 Å². The van der Waals surface area contributed by atoms with Crippen LogP contribution in [0.25, 0.3) is 0 Å². The van der Waals surface area contributed by atoms with E-state index in [1.807, 2.05) is 43.2 Å². The lowest BCUT2D eigenvalue weighted by atomic mass is 9.92. The first-order valence-electron chi connectivity index (χ1n) is 11.2. The Bertz CT molecular complexity index is 1000. The molecule has 0 bridgehead atoms. The molecule has 9 heteroatoms. The van der Waals surface area contributed by atoms with Gasteiger partial charge < -0.3 is 20.0 Å². The second-order valence-electron chi connectivity index (χ2n) is 8.22. The average molecular weight is 474 g/mol. The number of allylic oxidation sites excluding steroid dienone is 1. The maximum Gasteiger partial charge on any atom is 0.254 e. The highest BCUT2D eigenvalue weighted by Gasteiger charge is 2.42. The molecule has 1 atom stereocenters. The van der Waals surface area contributed by atoms with Crippen LogP contribution in [0.5, 0.6) is 0 Å². The van der Waals surface area contributed by atoms with Crippen molar-refractivity contribution in [3.8, 4) is 0 Å². The summed E-state index contributed by atoms with van der Waals surface area (Å²) in [7, 11) is 3.89. The SMILES string of the molecule is CCN(CC)C(=O)C1=C(C)N=C2SC=C(CC(=O)NCCN(C)C)N2C1c1ccccc1F. The number of nitrogens with one attached hydrogen (secondary N) is 1. The second kappa shape index (κ2) is 11.0. The van der Waals surface area contributed by atoms with Gasteiger partial charge in [0.15, 0.2) is 5.17 Å². The molecule has 1 aromatic rings. The minimum absolute atomic E-state index is 0.121. The molecule has 0 spiro atoms. The maximum atomic E-state index is 15.1. The Balaban J connectivity index is 1.98. The monoisotopic (exact) mass is 473 g/mol. The van der Waals surface area contributed by atoms with E-state index in [9.17, 15) is 9.59 Å². The number of halogens is 1. The number of amides is 2. The van der Waals surface area contributed by atoms with Crippen LogP contribution in [0.2, 0.25) is 0 Å². The van der Waals surface area contributed by atoms with Crippen molar-refractivity contribution < 1.29 is 14.0 Å². The van der Waals surface area contributed by atoms with Crippen LogP contribution < -0.4 is 5.32 Å². The second-order valence-corrected chi connectivity index (χ2v) is 9.06. The molecular formula is C24H32FN5O2S. The van der Waals surface area contributed by atoms with E-state index in [1.165, 1.54) is 17.8 Å². The van der Waals surface area contributed by atoms with E-state index >= 15 is 4.39 Å². The molecule has 7 nitrogen and oxygen atoms in total. The first-order valence-corrected chi connectivity index (χ1v) is 12.1. The van der Waals surface area contributed by atoms with Crippen LogP contribution in [0.1, 0.15) is 38.8 Å². The van der Waals surface area contributed by atoms with Gasteiger partial charge in [-0.1, -0.05) is 30.0 Å². The molecule has 3 rings (SSSR count). The molecule has 1 unspecified atom stereocenters. The molecule has 0 saturated carbocycles. The topological polar surface area (TPSA) is 68.2 Å². The van der Waals surface area contributed by atoms with E-state index in [4.69, 9.17) is 0 Å². The van der Waals surface area contributed by atoms with Gasteiger partial charge in [0.05, 0.1) is 23.7 Å². The molecule has 0 aliphatic carbocycles. The molecule has 1 N–H and O–H groups in total. The molecule has 0 fully saturated rings. The van der Waals surface area contributed by atoms with Crippen LogP contribution in [-0.2, 0) is 9.59 Å². The maximum absolute atomic E-state index is 15.1. The Hall–Kier alpha value is -2.65. The van der Waals surface area contributed by atoms with Crippen molar-refractivity contribution in [3.05, 3.63) is 58.0 Å². The summed E-state index contributed by atoms with van der Waals surface area (Å²) in [6, 6.07) is 5.80. The summed E-state index contributed by atoms with van der Waals surface area (Å²) in [5, 5.41) is 5.44. The van der Waals surface area contributed by atoms with Crippen LogP contribution in [0.15, 0.2) is 51.6 Å². The Labute approximate surface area is 199 Å². The molecule has 1 aromatic carbocycles. The summed E-state index contributed by atoms with van der Waals surface area (Å²) in [4.78, 5) is 36.4. The molecule has 2 aliphatic rings. The van der Waals surface area contributed by atoms with Crippen LogP contribution in [0.4, 0.5) is 4.39 Å². The Morgan fingerprint density at radius 3 is 2.55 bits per heavy atom. The Kier molecular flexibility index (Phi) is 8.31. The smallest absolute Gasteiger partial charge is 0.254 e. The zero-order chi connectivity index (χ0) is 24.1. The van der Waals surface area contributed by atoms with E-state index < -0.39 is 11.9 Å². The number of thioether (sulfide) groups is 1. The highest BCUT2D eigenvalue weighted by atomic mass is 32.2. The number of likely N-dealkylation sites (N-methyl/N-ethyl adjacent to an activating group) is 2. The van der Waals surface area contributed by atoms with Gasteiger partial charge in [-0.25, -0.2) is 9.38 Å². The van der Waals surface area contributed by atoms with E-state index in [-0.39, 0.29) is 18.2 Å². The third kappa shape index (κ3) is 5.47. The van der Waals surface area contributed by atoms with Crippen LogP contribution in [0, 0.1) is 5.82 Å². The fourth-order valence-electron chi connectivity index (χ4n) is 3.96. The number of fused-ring (bicyclic) bond motifs is 1. The molecule has 0 radical (unpaired) electrons. The zero-order valence-electron chi connectivity index (χ0n) is 19.9. The lowest BCUT2D eigenvalue weighted by Crippen LogP contribution is -2.42. The molecule has 0 aromatic heterocycles. The van der Waals surface area contributed by atoms with E-state index in [0.717, 1.165) is 6.54 Å². The van der Waals surface area contributed by atoms with Crippen molar-refractivity contribution in [2.75, 3.05) is 40.3 Å². The number of hydrogen-bond donors (Lipinski definition) is 1. The van der Waals surface area contributed by atoms with Gasteiger partial charge in [0.25, 0.3) is 5.91 Å². The largest absolute Gasteiger partial charge is 0.354 e. The lowest BCUT2D eigenvalue weighted by Gasteiger charge is -2.38. The molecule has 178 valence electrons. The summed E-state index contributed by atoms with van der Waals surface area (Å²) in [6.07, 6.45) is 0.121. The minimum Gasteiger partial charge on any atom is -0.354 e. The summed E-state index contributed by atoms with van der Waals surface area (Å²) in [5.74, 6) is -0.687. The average Bonchev–Trinajstić information content (AvgIpc) is 3.15. The van der Waals surface area contributed by atoms with Gasteiger partial charge in [-0.2, -0.15) is 0 Å². The third-order valence-corrected chi connectivity index (χ3v) is 6.59. The van der Waals surface area contributed by atoms with Gasteiger partial charge >= 0.3 is 0 Å². The normalized spacial score (nSPS) is 17.7. The fourth-order valence-corrected chi connectivity index (χ4v) is 4.93. The number of amidine groups is 1. The van der Waals surface area contributed by atoms with E-state index in [2.05, 4.69) is 10.3 Å². The summed E-state index contributed by atoms with van der Waals surface area (Å²) >= 11 is 1.39. The van der Waals surface area contributed by atoms with Crippen molar-refractivity contribution in [2.24, 2.45) is 4.99 Å². The number of carbonyl (C=O) groups is 2. The van der Waals surface area contributed by atoms with Gasteiger partial charge in [-0.3, -0.25) is 9.59 Å². The molecule has 2 aliphatic heterocycles. The Morgan fingerprint density at radius 1 is 1.21 bits per heavy atom. The summed E-state index contributed by atoms with van der Waals surface area (Å²) in [6.45, 7) is 7.98. The number of hydrogen-bond acceptors (Lipinski definition) is 6. The molecule has 0 saturated heterocycles.